The van der Waals surface area contributed by atoms with Gasteiger partial charge in [0.15, 0.2) is 6.54 Å². The topological polar surface area (TPSA) is 26.3 Å². The number of hydrogen-bond donors (Lipinski definition) is 0. The number of benzene rings is 1. The van der Waals surface area contributed by atoms with Crippen molar-refractivity contribution in [3.05, 3.63) is 47.5 Å². The molecular weight excluding hydrogens is 370 g/mol. The zero-order valence-corrected chi connectivity index (χ0v) is 19.5. The van der Waals surface area contributed by atoms with Crippen molar-refractivity contribution in [2.24, 2.45) is 0 Å². The minimum absolute atomic E-state index is 0.00278. The van der Waals surface area contributed by atoms with Gasteiger partial charge in [-0.2, -0.15) is 0 Å². The molecule has 0 atom stereocenters. The van der Waals surface area contributed by atoms with E-state index in [9.17, 15) is 4.79 Å². The maximum atomic E-state index is 12.6. The van der Waals surface area contributed by atoms with Crippen LogP contribution in [0.1, 0.15) is 83.6 Å². The number of quaternary nitrogens is 1. The van der Waals surface area contributed by atoms with E-state index in [0.717, 1.165) is 37.0 Å². The predicted octanol–water partition coefficient (Wildman–Crippen LogP) is 6.47. The van der Waals surface area contributed by atoms with Gasteiger partial charge in [-0.25, -0.2) is 4.79 Å². The Bertz CT molecular complexity index is 617. The maximum absolute atomic E-state index is 12.6. The van der Waals surface area contributed by atoms with Gasteiger partial charge in [0, 0.05) is 0 Å². The second-order valence-electron chi connectivity index (χ2n) is 9.24. The fourth-order valence-corrected chi connectivity index (χ4v) is 4.49. The van der Waals surface area contributed by atoms with Crippen LogP contribution in [0.2, 0.25) is 0 Å². The largest absolute Gasteiger partial charge is 0.462 e. The highest BCUT2D eigenvalue weighted by molar-refractivity contribution is 5.70. The van der Waals surface area contributed by atoms with E-state index in [2.05, 4.69) is 50.3 Å². The van der Waals surface area contributed by atoms with Crippen molar-refractivity contribution in [1.29, 1.82) is 0 Å². The molecule has 3 nitrogen and oxygen atoms in total. The molecule has 1 aliphatic rings. The van der Waals surface area contributed by atoms with Gasteiger partial charge in [-0.15, -0.1) is 0 Å². The maximum Gasteiger partial charge on any atom is 0.361 e. The molecule has 2 rings (SSSR count). The first-order valence-electron chi connectivity index (χ1n) is 12.3. The first kappa shape index (κ1) is 24.7. The molecule has 0 saturated carbocycles. The third-order valence-electron chi connectivity index (χ3n) is 6.39. The summed E-state index contributed by atoms with van der Waals surface area (Å²) in [6, 6.07) is 10.6. The lowest BCUT2D eigenvalue weighted by molar-refractivity contribution is -0.920. The minimum atomic E-state index is -0.00278. The third-order valence-corrected chi connectivity index (χ3v) is 6.39. The molecule has 1 saturated heterocycles. The number of ether oxygens (including phenoxy) is 1. The van der Waals surface area contributed by atoms with Gasteiger partial charge in [-0.1, -0.05) is 81.4 Å². The fourth-order valence-electron chi connectivity index (χ4n) is 4.49. The van der Waals surface area contributed by atoms with Crippen molar-refractivity contribution in [2.45, 2.75) is 84.5 Å². The summed E-state index contributed by atoms with van der Waals surface area (Å²) in [6.45, 7) is 8.74. The van der Waals surface area contributed by atoms with Gasteiger partial charge in [-0.05, 0) is 50.7 Å². The van der Waals surface area contributed by atoms with E-state index >= 15 is 0 Å². The zero-order valence-electron chi connectivity index (χ0n) is 19.5. The Kier molecular flexibility index (Phi) is 11.8. The van der Waals surface area contributed by atoms with Crippen molar-refractivity contribution in [3.63, 3.8) is 0 Å². The molecule has 0 amide bonds. The monoisotopic (exact) mass is 414 g/mol. The summed E-state index contributed by atoms with van der Waals surface area (Å²) in [5, 5.41) is 0. The Balaban J connectivity index is 1.75. The van der Waals surface area contributed by atoms with Gasteiger partial charge in [0.05, 0.1) is 26.2 Å². The summed E-state index contributed by atoms with van der Waals surface area (Å²) in [4.78, 5) is 12.6. The van der Waals surface area contributed by atoms with Crippen molar-refractivity contribution < 1.29 is 14.0 Å². The van der Waals surface area contributed by atoms with E-state index < -0.39 is 0 Å². The van der Waals surface area contributed by atoms with Crippen LogP contribution in [-0.4, -0.2) is 43.2 Å². The molecular formula is C27H44NO2+. The quantitative estimate of drug-likeness (QED) is 0.151. The highest BCUT2D eigenvalue weighted by Gasteiger charge is 2.32. The fraction of sp³-hybridized carbons (Fsp3) is 0.667. The first-order valence-corrected chi connectivity index (χ1v) is 12.3. The van der Waals surface area contributed by atoms with E-state index in [0.29, 0.717) is 13.2 Å². The molecule has 3 heteroatoms. The Hall–Kier alpha value is -1.61. The first-order chi connectivity index (χ1) is 14.6. The molecule has 0 radical (unpaired) electrons. The highest BCUT2D eigenvalue weighted by Crippen LogP contribution is 2.20. The van der Waals surface area contributed by atoms with Crippen LogP contribution in [0.3, 0.4) is 0 Å². The molecule has 168 valence electrons. The van der Waals surface area contributed by atoms with E-state index in [-0.39, 0.29) is 5.97 Å². The number of piperidine rings is 1. The van der Waals surface area contributed by atoms with Crippen LogP contribution in [0, 0.1) is 0 Å². The molecule has 0 aromatic heterocycles. The van der Waals surface area contributed by atoms with Crippen molar-refractivity contribution in [1.82, 2.24) is 0 Å². The second kappa shape index (κ2) is 14.4. The number of carbonyl (C=O) groups excluding carboxylic acids is 1. The van der Waals surface area contributed by atoms with Crippen molar-refractivity contribution in [3.8, 4) is 0 Å². The number of carbonyl (C=O) groups is 1. The Labute approximate surface area is 185 Å². The standard InChI is InChI=1S/C27H44NO2/c1-3-4-5-6-7-8-15-22-30-27(29)24-28(19-13-10-14-20-28)21-18-25(2)23-26-16-11-9-12-17-26/h9,11-12,16-18H,3-8,10,13-15,19-24H2,1-2H3/q+1/b25-18-. The van der Waals surface area contributed by atoms with E-state index in [1.165, 1.54) is 68.9 Å². The second-order valence-corrected chi connectivity index (χ2v) is 9.24. The van der Waals surface area contributed by atoms with Crippen molar-refractivity contribution in [2.75, 3.05) is 32.8 Å². The number of allylic oxidation sites excluding steroid dienone is 1. The Morgan fingerprint density at radius 3 is 2.33 bits per heavy atom. The summed E-state index contributed by atoms with van der Waals surface area (Å²) in [6.07, 6.45) is 15.8. The highest BCUT2D eigenvalue weighted by atomic mass is 16.5. The molecule has 0 bridgehead atoms. The SMILES string of the molecule is CCCCCCCCCOC(=O)C[N+]1(C/C=C(/C)Cc2ccccc2)CCCCC1. The third kappa shape index (κ3) is 9.93. The van der Waals surface area contributed by atoms with Gasteiger partial charge in [0.1, 0.15) is 0 Å². The predicted molar refractivity (Wildman–Crippen MR) is 126 cm³/mol. The lowest BCUT2D eigenvalue weighted by Gasteiger charge is -2.40. The zero-order chi connectivity index (χ0) is 21.5. The van der Waals surface area contributed by atoms with Crippen LogP contribution in [-0.2, 0) is 16.0 Å². The molecule has 0 unspecified atom stereocenters. The average Bonchev–Trinajstić information content (AvgIpc) is 2.76. The van der Waals surface area contributed by atoms with Gasteiger partial charge in [0.25, 0.3) is 0 Å². The number of likely N-dealkylation sites (tertiary alicyclic amines) is 1. The van der Waals surface area contributed by atoms with Crippen LogP contribution < -0.4 is 0 Å². The van der Waals surface area contributed by atoms with E-state index in [1.54, 1.807) is 0 Å². The number of rotatable bonds is 14. The molecule has 0 N–H and O–H groups in total. The molecule has 0 spiro atoms. The molecule has 1 aromatic carbocycles. The summed E-state index contributed by atoms with van der Waals surface area (Å²) in [5.74, 6) is -0.00278. The van der Waals surface area contributed by atoms with E-state index in [1.807, 2.05) is 0 Å². The van der Waals surface area contributed by atoms with Gasteiger partial charge >= 0.3 is 5.97 Å². The van der Waals surface area contributed by atoms with Crippen LogP contribution >= 0.6 is 0 Å². The average molecular weight is 415 g/mol. The Morgan fingerprint density at radius 1 is 0.967 bits per heavy atom. The van der Waals surface area contributed by atoms with Gasteiger partial charge in [-0.3, -0.25) is 0 Å². The lowest BCUT2D eigenvalue weighted by Crippen LogP contribution is -2.54. The summed E-state index contributed by atoms with van der Waals surface area (Å²) in [7, 11) is 0. The number of nitrogens with zero attached hydrogens (tertiary/aromatic N) is 1. The number of esters is 1. The van der Waals surface area contributed by atoms with Crippen LogP contribution in [0.5, 0.6) is 0 Å². The lowest BCUT2D eigenvalue weighted by atomic mass is 10.0. The van der Waals surface area contributed by atoms with Crippen molar-refractivity contribution >= 4 is 5.97 Å². The molecule has 1 aromatic rings. The molecule has 1 fully saturated rings. The number of hydrogen-bond acceptors (Lipinski definition) is 2. The normalized spacial score (nSPS) is 16.4. The number of unbranched alkanes of at least 4 members (excludes halogenated alkanes) is 6. The molecule has 0 aliphatic carbocycles. The smallest absolute Gasteiger partial charge is 0.361 e. The summed E-state index contributed by atoms with van der Waals surface area (Å²) < 4.78 is 6.50. The van der Waals surface area contributed by atoms with Gasteiger partial charge < -0.3 is 9.22 Å². The minimum Gasteiger partial charge on any atom is -0.462 e. The van der Waals surface area contributed by atoms with E-state index in [4.69, 9.17) is 4.74 Å². The molecule has 30 heavy (non-hydrogen) atoms. The Morgan fingerprint density at radius 2 is 1.63 bits per heavy atom. The summed E-state index contributed by atoms with van der Waals surface area (Å²) >= 11 is 0. The van der Waals surface area contributed by atoms with Gasteiger partial charge in [0.2, 0.25) is 0 Å². The summed E-state index contributed by atoms with van der Waals surface area (Å²) in [5.41, 5.74) is 2.74. The van der Waals surface area contributed by atoms with Crippen LogP contribution in [0.4, 0.5) is 0 Å². The molecule has 1 heterocycles. The van der Waals surface area contributed by atoms with Crippen LogP contribution in [0.25, 0.3) is 0 Å². The van der Waals surface area contributed by atoms with Crippen LogP contribution in [0.15, 0.2) is 42.0 Å². The molecule has 1 aliphatic heterocycles.